The zero-order valence-corrected chi connectivity index (χ0v) is 20.8. The van der Waals surface area contributed by atoms with Crippen molar-refractivity contribution in [3.8, 4) is 17.3 Å². The molecule has 0 amide bonds. The van der Waals surface area contributed by atoms with Gasteiger partial charge in [-0.15, -0.1) is 11.3 Å². The fourth-order valence-corrected chi connectivity index (χ4v) is 5.46. The number of ketones is 1. The molecule has 0 saturated heterocycles. The SMILES string of the molecule is CC(=O)CS/C(Nc1ccccc1)=C(\C#N)c1nc(-c2cc3c(ccc4ccccc43)oc2=O)cs1. The average molecular weight is 510 g/mol. The standard InChI is InChI=1S/C28H19N3O3S2/c1-17(32)15-35-26(30-19-8-3-2-4-9-19)23(14-29)27-31-24(16-36-27)22-13-21-20-10-6-5-7-18(20)11-12-25(21)34-28(22)33/h2-13,16,30H,15H2,1H3/b26-23+. The molecule has 0 unspecified atom stereocenters. The summed E-state index contributed by atoms with van der Waals surface area (Å²) in [5.41, 5.74) is 1.86. The fourth-order valence-electron chi connectivity index (χ4n) is 3.76. The molecule has 6 nitrogen and oxygen atoms in total. The number of aromatic nitrogens is 1. The van der Waals surface area contributed by atoms with E-state index in [1.807, 2.05) is 60.7 Å². The molecule has 8 heteroatoms. The number of anilines is 1. The maximum absolute atomic E-state index is 12.8. The van der Waals surface area contributed by atoms with Crippen molar-refractivity contribution in [2.45, 2.75) is 6.92 Å². The highest BCUT2D eigenvalue weighted by molar-refractivity contribution is 8.04. The summed E-state index contributed by atoms with van der Waals surface area (Å²) in [5.74, 6) is 0.199. The Labute approximate surface area is 214 Å². The minimum Gasteiger partial charge on any atom is -0.422 e. The molecule has 3 aromatic carbocycles. The summed E-state index contributed by atoms with van der Waals surface area (Å²) in [7, 11) is 0. The number of thiazole rings is 1. The van der Waals surface area contributed by atoms with Crippen molar-refractivity contribution >= 4 is 61.9 Å². The van der Waals surface area contributed by atoms with Crippen molar-refractivity contribution in [2.24, 2.45) is 0 Å². The van der Waals surface area contributed by atoms with E-state index < -0.39 is 5.63 Å². The van der Waals surface area contributed by atoms with Crippen molar-refractivity contribution < 1.29 is 9.21 Å². The molecular formula is C28H19N3O3S2. The van der Waals surface area contributed by atoms with Crippen molar-refractivity contribution in [3.63, 3.8) is 0 Å². The maximum Gasteiger partial charge on any atom is 0.345 e. The van der Waals surface area contributed by atoms with E-state index in [4.69, 9.17) is 4.42 Å². The number of allylic oxidation sites excluding steroid dienone is 1. The van der Waals surface area contributed by atoms with Gasteiger partial charge >= 0.3 is 5.63 Å². The first-order valence-corrected chi connectivity index (χ1v) is 12.9. The largest absolute Gasteiger partial charge is 0.422 e. The van der Waals surface area contributed by atoms with Crippen LogP contribution in [0.4, 0.5) is 5.69 Å². The van der Waals surface area contributed by atoms with Crippen molar-refractivity contribution in [2.75, 3.05) is 11.1 Å². The number of nitrogens with one attached hydrogen (secondary N) is 1. The summed E-state index contributed by atoms with van der Waals surface area (Å²) < 4.78 is 5.62. The molecule has 0 aliphatic heterocycles. The van der Waals surface area contributed by atoms with E-state index in [0.717, 1.165) is 21.8 Å². The Bertz CT molecular complexity index is 1730. The number of fused-ring (bicyclic) bond motifs is 3. The summed E-state index contributed by atoms with van der Waals surface area (Å²) in [6, 6.07) is 25.0. The Morgan fingerprint density at radius 3 is 2.64 bits per heavy atom. The molecule has 1 N–H and O–H groups in total. The number of para-hydroxylation sites is 1. The van der Waals surface area contributed by atoms with Gasteiger partial charge in [0.25, 0.3) is 0 Å². The van der Waals surface area contributed by atoms with Crippen LogP contribution in [0.2, 0.25) is 0 Å². The van der Waals surface area contributed by atoms with E-state index in [1.54, 1.807) is 17.5 Å². The molecule has 5 aromatic rings. The molecule has 0 atom stereocenters. The first-order chi connectivity index (χ1) is 17.5. The van der Waals surface area contributed by atoms with Gasteiger partial charge in [0.05, 0.1) is 22.0 Å². The third kappa shape index (κ3) is 4.80. The Kier molecular flexibility index (Phi) is 6.67. The number of hydrogen-bond donors (Lipinski definition) is 1. The monoisotopic (exact) mass is 509 g/mol. The number of carbonyl (C=O) groups excluding carboxylic acids is 1. The topological polar surface area (TPSA) is 96.0 Å². The van der Waals surface area contributed by atoms with Crippen LogP contribution in [-0.2, 0) is 4.79 Å². The van der Waals surface area contributed by atoms with Gasteiger partial charge in [-0.1, -0.05) is 60.3 Å². The Balaban J connectivity index is 1.59. The van der Waals surface area contributed by atoms with Crippen LogP contribution in [0.3, 0.4) is 0 Å². The van der Waals surface area contributed by atoms with Crippen LogP contribution in [0.1, 0.15) is 11.9 Å². The normalized spacial score (nSPS) is 11.8. The predicted molar refractivity (Wildman–Crippen MR) is 147 cm³/mol. The lowest BCUT2D eigenvalue weighted by Crippen LogP contribution is -2.04. The first-order valence-electron chi connectivity index (χ1n) is 11.0. The number of nitrogens with zero attached hydrogens (tertiary/aromatic N) is 2. The van der Waals surface area contributed by atoms with E-state index >= 15 is 0 Å². The maximum atomic E-state index is 12.8. The molecule has 0 saturated carbocycles. The van der Waals surface area contributed by atoms with Crippen LogP contribution in [-0.4, -0.2) is 16.5 Å². The number of benzene rings is 3. The van der Waals surface area contributed by atoms with E-state index in [9.17, 15) is 14.9 Å². The van der Waals surface area contributed by atoms with Crippen LogP contribution in [0.5, 0.6) is 0 Å². The van der Waals surface area contributed by atoms with E-state index in [-0.39, 0.29) is 11.5 Å². The van der Waals surface area contributed by atoms with Gasteiger partial charge in [-0.3, -0.25) is 4.79 Å². The Morgan fingerprint density at radius 2 is 1.86 bits per heavy atom. The predicted octanol–water partition coefficient (Wildman–Crippen LogP) is 6.70. The fraction of sp³-hybridized carbons (Fsp3) is 0.0714. The lowest BCUT2D eigenvalue weighted by Gasteiger charge is -2.11. The van der Waals surface area contributed by atoms with Crippen LogP contribution in [0, 0.1) is 11.3 Å². The van der Waals surface area contributed by atoms with Crippen molar-refractivity contribution in [1.82, 2.24) is 4.98 Å². The number of carbonyl (C=O) groups is 1. The van der Waals surface area contributed by atoms with E-state index in [1.165, 1.54) is 30.0 Å². The molecular weight excluding hydrogens is 490 g/mol. The molecule has 176 valence electrons. The molecule has 36 heavy (non-hydrogen) atoms. The van der Waals surface area contributed by atoms with Gasteiger partial charge in [-0.2, -0.15) is 5.26 Å². The summed E-state index contributed by atoms with van der Waals surface area (Å²) in [5, 5.41) is 18.8. The van der Waals surface area contributed by atoms with Crippen LogP contribution in [0.15, 0.2) is 92.4 Å². The Morgan fingerprint density at radius 1 is 1.08 bits per heavy atom. The van der Waals surface area contributed by atoms with E-state index in [0.29, 0.717) is 32.5 Å². The van der Waals surface area contributed by atoms with Gasteiger partial charge in [0.15, 0.2) is 0 Å². The second-order valence-corrected chi connectivity index (χ2v) is 9.83. The zero-order chi connectivity index (χ0) is 25.1. The summed E-state index contributed by atoms with van der Waals surface area (Å²) >= 11 is 2.50. The van der Waals surface area contributed by atoms with Gasteiger partial charge in [0.1, 0.15) is 28.0 Å². The zero-order valence-electron chi connectivity index (χ0n) is 19.1. The minimum absolute atomic E-state index is 0.00882. The second-order valence-electron chi connectivity index (χ2n) is 7.98. The highest BCUT2D eigenvalue weighted by atomic mass is 32.2. The van der Waals surface area contributed by atoms with Crippen LogP contribution >= 0.6 is 23.1 Å². The number of nitriles is 1. The molecule has 0 spiro atoms. The summed E-state index contributed by atoms with van der Waals surface area (Å²) in [6.07, 6.45) is 0. The third-order valence-corrected chi connectivity index (χ3v) is 7.43. The van der Waals surface area contributed by atoms with Crippen LogP contribution < -0.4 is 10.9 Å². The third-order valence-electron chi connectivity index (χ3n) is 5.43. The highest BCUT2D eigenvalue weighted by Gasteiger charge is 2.18. The number of hydrogen-bond acceptors (Lipinski definition) is 8. The quantitative estimate of drug-likeness (QED) is 0.148. The van der Waals surface area contributed by atoms with Gasteiger partial charge in [0, 0.05) is 16.5 Å². The van der Waals surface area contributed by atoms with Crippen LogP contribution in [0.25, 0.3) is 38.6 Å². The molecule has 0 radical (unpaired) electrons. The Hall–Kier alpha value is -4.19. The van der Waals surface area contributed by atoms with Crippen molar-refractivity contribution in [1.29, 1.82) is 5.26 Å². The molecule has 5 rings (SSSR count). The van der Waals surface area contributed by atoms with Gasteiger partial charge < -0.3 is 9.73 Å². The number of Topliss-reactive ketones (excluding diaryl/α,β-unsaturated/α-hetero) is 1. The molecule has 2 aromatic heterocycles. The van der Waals surface area contributed by atoms with Gasteiger partial charge in [0.2, 0.25) is 0 Å². The highest BCUT2D eigenvalue weighted by Crippen LogP contribution is 2.33. The lowest BCUT2D eigenvalue weighted by atomic mass is 10.0. The number of rotatable bonds is 7. The number of thioether (sulfide) groups is 1. The average Bonchev–Trinajstić information content (AvgIpc) is 3.37. The van der Waals surface area contributed by atoms with Gasteiger partial charge in [-0.25, -0.2) is 9.78 Å². The summed E-state index contributed by atoms with van der Waals surface area (Å²) in [4.78, 5) is 29.1. The van der Waals surface area contributed by atoms with E-state index in [2.05, 4.69) is 16.4 Å². The summed E-state index contributed by atoms with van der Waals surface area (Å²) in [6.45, 7) is 1.50. The molecule has 0 aliphatic rings. The molecule has 0 bridgehead atoms. The van der Waals surface area contributed by atoms with Gasteiger partial charge in [-0.05, 0) is 42.0 Å². The smallest absolute Gasteiger partial charge is 0.345 e. The van der Waals surface area contributed by atoms with Crippen molar-refractivity contribution in [3.05, 3.63) is 98.6 Å². The second kappa shape index (κ2) is 10.2. The first kappa shape index (κ1) is 23.5. The molecule has 0 fully saturated rings. The minimum atomic E-state index is -0.495. The molecule has 2 heterocycles. The lowest BCUT2D eigenvalue weighted by molar-refractivity contribution is -0.114. The molecule has 0 aliphatic carbocycles.